The van der Waals surface area contributed by atoms with Crippen LogP contribution in [-0.4, -0.2) is 23.3 Å². The van der Waals surface area contributed by atoms with Crippen molar-refractivity contribution in [3.63, 3.8) is 0 Å². The second-order valence-corrected chi connectivity index (χ2v) is 5.93. The van der Waals surface area contributed by atoms with E-state index in [9.17, 15) is 5.11 Å². The van der Waals surface area contributed by atoms with E-state index >= 15 is 0 Å². The monoisotopic (exact) mass is 239 g/mol. The van der Waals surface area contributed by atoms with Crippen molar-refractivity contribution in [3.8, 4) is 0 Å². The summed E-state index contributed by atoms with van der Waals surface area (Å²) < 4.78 is 5.38. The van der Waals surface area contributed by atoms with Crippen molar-refractivity contribution in [2.75, 3.05) is 13.2 Å². The fourth-order valence-corrected chi connectivity index (χ4v) is 3.80. The molecule has 0 amide bonds. The van der Waals surface area contributed by atoms with E-state index in [1.807, 2.05) is 0 Å². The molecule has 88 valence electrons. The lowest BCUT2D eigenvalue weighted by Crippen LogP contribution is -2.08. The fraction of sp³-hybridized carbons (Fsp3) is 0.750. The largest absolute Gasteiger partial charge is 0.387 e. The number of aromatic nitrogens is 1. The van der Waals surface area contributed by atoms with Gasteiger partial charge in [-0.1, -0.05) is 0 Å². The summed E-state index contributed by atoms with van der Waals surface area (Å²) in [6, 6.07) is 0. The molecule has 0 bridgehead atoms. The molecule has 1 fully saturated rings. The van der Waals surface area contributed by atoms with Gasteiger partial charge in [0.25, 0.3) is 0 Å². The van der Waals surface area contributed by atoms with E-state index < -0.39 is 0 Å². The molecule has 0 spiro atoms. The van der Waals surface area contributed by atoms with Crippen LogP contribution in [0.1, 0.15) is 40.9 Å². The van der Waals surface area contributed by atoms with Gasteiger partial charge in [-0.15, -0.1) is 11.3 Å². The van der Waals surface area contributed by atoms with Crippen LogP contribution in [0.3, 0.4) is 0 Å². The molecule has 2 unspecified atom stereocenters. The number of hydrogen-bond donors (Lipinski definition) is 1. The first kappa shape index (κ1) is 10.7. The van der Waals surface area contributed by atoms with Crippen LogP contribution in [0.15, 0.2) is 0 Å². The second-order valence-electron chi connectivity index (χ2n) is 4.76. The summed E-state index contributed by atoms with van der Waals surface area (Å²) >= 11 is 1.80. The van der Waals surface area contributed by atoms with Crippen LogP contribution < -0.4 is 0 Å². The van der Waals surface area contributed by atoms with Crippen molar-refractivity contribution in [2.45, 2.75) is 38.2 Å². The highest BCUT2D eigenvalue weighted by atomic mass is 32.1. The molecule has 0 aromatic carbocycles. The smallest absolute Gasteiger partial charge is 0.0971 e. The number of ether oxygens (including phenoxy) is 1. The first-order chi connectivity index (χ1) is 7.83. The topological polar surface area (TPSA) is 42.4 Å². The van der Waals surface area contributed by atoms with E-state index in [4.69, 9.17) is 4.74 Å². The van der Waals surface area contributed by atoms with Gasteiger partial charge >= 0.3 is 0 Å². The van der Waals surface area contributed by atoms with Gasteiger partial charge in [0.05, 0.1) is 16.8 Å². The highest BCUT2D eigenvalue weighted by Gasteiger charge is 2.24. The molecule has 1 N–H and O–H groups in total. The van der Waals surface area contributed by atoms with Crippen molar-refractivity contribution in [1.29, 1.82) is 0 Å². The molecule has 3 rings (SSSR count). The average Bonchev–Trinajstić information content (AvgIpc) is 2.88. The predicted octanol–water partition coefficient (Wildman–Crippen LogP) is 2.09. The maximum Gasteiger partial charge on any atom is 0.0971 e. The van der Waals surface area contributed by atoms with Crippen LogP contribution >= 0.6 is 11.3 Å². The zero-order valence-electron chi connectivity index (χ0n) is 9.32. The molecule has 2 atom stereocenters. The first-order valence-electron chi connectivity index (χ1n) is 6.07. The third-order valence-corrected chi connectivity index (χ3v) is 4.61. The summed E-state index contributed by atoms with van der Waals surface area (Å²) in [5.74, 6) is 0.643. The average molecular weight is 239 g/mol. The molecular weight excluding hydrogens is 222 g/mol. The van der Waals surface area contributed by atoms with Crippen LogP contribution in [0.5, 0.6) is 0 Å². The van der Waals surface area contributed by atoms with Crippen molar-refractivity contribution in [3.05, 3.63) is 15.6 Å². The Morgan fingerprint density at radius 3 is 3.12 bits per heavy atom. The summed E-state index contributed by atoms with van der Waals surface area (Å²) in [5, 5.41) is 11.1. The molecule has 1 aliphatic carbocycles. The van der Waals surface area contributed by atoms with Gasteiger partial charge < -0.3 is 9.84 Å². The zero-order chi connectivity index (χ0) is 11.0. The van der Waals surface area contributed by atoms with Crippen LogP contribution in [0.25, 0.3) is 0 Å². The van der Waals surface area contributed by atoms with Crippen LogP contribution in [0, 0.1) is 5.92 Å². The van der Waals surface area contributed by atoms with Crippen LogP contribution in [0.2, 0.25) is 0 Å². The molecule has 0 radical (unpaired) electrons. The Labute approximate surface area is 99.5 Å². The number of hydrogen-bond acceptors (Lipinski definition) is 4. The minimum atomic E-state index is -0.312. The number of fused-ring (bicyclic) bond motifs is 1. The number of nitrogens with zero attached hydrogens (tertiary/aromatic N) is 1. The van der Waals surface area contributed by atoms with E-state index in [0.717, 1.165) is 51.0 Å². The number of aryl methyl sites for hydroxylation is 1. The highest BCUT2D eigenvalue weighted by molar-refractivity contribution is 7.11. The molecule has 0 saturated carbocycles. The lowest BCUT2D eigenvalue weighted by atomic mass is 10.0. The fourth-order valence-electron chi connectivity index (χ4n) is 2.52. The maximum atomic E-state index is 9.86. The van der Waals surface area contributed by atoms with Gasteiger partial charge in [0.1, 0.15) is 0 Å². The lowest BCUT2D eigenvalue weighted by molar-refractivity contribution is 0.152. The summed E-state index contributed by atoms with van der Waals surface area (Å²) in [6.07, 6.45) is 4.96. The number of rotatable bonds is 2. The number of aliphatic hydroxyl groups excluding tert-OH is 1. The second kappa shape index (κ2) is 4.43. The molecule has 2 heterocycles. The Bertz CT molecular complexity index is 371. The quantitative estimate of drug-likeness (QED) is 0.859. The predicted molar refractivity (Wildman–Crippen MR) is 62.6 cm³/mol. The number of aliphatic hydroxyl groups is 1. The molecule has 1 aliphatic heterocycles. The Morgan fingerprint density at radius 2 is 2.38 bits per heavy atom. The van der Waals surface area contributed by atoms with Crippen molar-refractivity contribution in [1.82, 2.24) is 4.98 Å². The Hall–Kier alpha value is -0.450. The minimum Gasteiger partial charge on any atom is -0.387 e. The van der Waals surface area contributed by atoms with Crippen LogP contribution in [0.4, 0.5) is 0 Å². The summed E-state index contributed by atoms with van der Waals surface area (Å²) in [5.41, 5.74) is 0.963. The third kappa shape index (κ3) is 2.01. The molecule has 16 heavy (non-hydrogen) atoms. The first-order valence-corrected chi connectivity index (χ1v) is 6.89. The normalized spacial score (nSPS) is 29.3. The standard InChI is InChI=1S/C12H17NO2S/c14-9-2-1-3-10-12(9)13-11(16-10)6-8-4-5-15-7-8/h8-9,14H,1-7H2. The van der Waals surface area contributed by atoms with Gasteiger partial charge in [0, 0.05) is 24.5 Å². The molecule has 1 saturated heterocycles. The minimum absolute atomic E-state index is 0.312. The Morgan fingerprint density at radius 1 is 1.44 bits per heavy atom. The van der Waals surface area contributed by atoms with Crippen molar-refractivity contribution < 1.29 is 9.84 Å². The van der Waals surface area contributed by atoms with Gasteiger partial charge in [0.15, 0.2) is 0 Å². The third-order valence-electron chi connectivity index (χ3n) is 3.46. The van der Waals surface area contributed by atoms with E-state index in [1.54, 1.807) is 11.3 Å². The molecule has 1 aromatic rings. The molecule has 1 aromatic heterocycles. The van der Waals surface area contributed by atoms with Gasteiger partial charge in [-0.3, -0.25) is 0 Å². The van der Waals surface area contributed by atoms with Gasteiger partial charge in [-0.05, 0) is 31.6 Å². The highest BCUT2D eigenvalue weighted by Crippen LogP contribution is 2.34. The van der Waals surface area contributed by atoms with E-state index in [0.29, 0.717) is 5.92 Å². The van der Waals surface area contributed by atoms with E-state index in [1.165, 1.54) is 9.88 Å². The Balaban J connectivity index is 1.75. The SMILES string of the molecule is OC1CCCc2sc(CC3CCOC3)nc21. The van der Waals surface area contributed by atoms with Crippen molar-refractivity contribution in [2.24, 2.45) is 5.92 Å². The molecule has 2 aliphatic rings. The molecule has 4 heteroatoms. The van der Waals surface area contributed by atoms with Crippen LogP contribution in [-0.2, 0) is 17.6 Å². The maximum absolute atomic E-state index is 9.86. The molecular formula is C12H17NO2S. The lowest BCUT2D eigenvalue weighted by Gasteiger charge is -2.14. The zero-order valence-corrected chi connectivity index (χ0v) is 10.1. The molecule has 3 nitrogen and oxygen atoms in total. The summed E-state index contributed by atoms with van der Waals surface area (Å²) in [6.45, 7) is 1.78. The number of thiazole rings is 1. The van der Waals surface area contributed by atoms with Gasteiger partial charge in [0.2, 0.25) is 0 Å². The van der Waals surface area contributed by atoms with Gasteiger partial charge in [-0.25, -0.2) is 4.98 Å². The van der Waals surface area contributed by atoms with E-state index in [2.05, 4.69) is 4.98 Å². The summed E-state index contributed by atoms with van der Waals surface area (Å²) in [7, 11) is 0. The summed E-state index contributed by atoms with van der Waals surface area (Å²) in [4.78, 5) is 5.92. The Kier molecular flexibility index (Phi) is 2.96. The van der Waals surface area contributed by atoms with Crippen molar-refractivity contribution >= 4 is 11.3 Å². The van der Waals surface area contributed by atoms with Gasteiger partial charge in [-0.2, -0.15) is 0 Å². The van der Waals surface area contributed by atoms with E-state index in [-0.39, 0.29) is 6.10 Å².